The van der Waals surface area contributed by atoms with Gasteiger partial charge in [0.25, 0.3) is 0 Å². The quantitative estimate of drug-likeness (QED) is 0.749. The first kappa shape index (κ1) is 22.0. The maximum absolute atomic E-state index is 12.7. The lowest BCUT2D eigenvalue weighted by molar-refractivity contribution is -0.137. The molecule has 1 aliphatic rings. The molecule has 1 aromatic carbocycles. The number of rotatable bonds is 6. The number of amides is 2. The van der Waals surface area contributed by atoms with Crippen LogP contribution in [-0.4, -0.2) is 52.7 Å². The van der Waals surface area contributed by atoms with Crippen LogP contribution in [0.4, 0.5) is 4.79 Å². The van der Waals surface area contributed by atoms with E-state index in [2.05, 4.69) is 5.32 Å². The van der Waals surface area contributed by atoms with Crippen LogP contribution in [-0.2, 0) is 14.3 Å². The summed E-state index contributed by atoms with van der Waals surface area (Å²) in [5.41, 5.74) is 0.143. The number of halogens is 1. The van der Waals surface area contributed by atoms with Crippen molar-refractivity contribution in [2.45, 2.75) is 57.6 Å². The summed E-state index contributed by atoms with van der Waals surface area (Å²) in [6, 6.07) is 6.28. The van der Waals surface area contributed by atoms with Crippen LogP contribution in [0.25, 0.3) is 0 Å². The zero-order valence-electron chi connectivity index (χ0n) is 16.4. The lowest BCUT2D eigenvalue weighted by Crippen LogP contribution is -2.48. The molecule has 0 aromatic heterocycles. The summed E-state index contributed by atoms with van der Waals surface area (Å²) >= 11 is 5.89. The first-order chi connectivity index (χ1) is 13.1. The molecule has 7 nitrogen and oxygen atoms in total. The van der Waals surface area contributed by atoms with Crippen molar-refractivity contribution in [2.75, 3.05) is 13.1 Å². The van der Waals surface area contributed by atoms with Crippen molar-refractivity contribution in [1.82, 2.24) is 10.2 Å². The van der Waals surface area contributed by atoms with E-state index in [1.165, 1.54) is 4.90 Å². The van der Waals surface area contributed by atoms with Gasteiger partial charge in [-0.3, -0.25) is 14.5 Å². The number of benzene rings is 1. The van der Waals surface area contributed by atoms with E-state index >= 15 is 0 Å². The van der Waals surface area contributed by atoms with Crippen LogP contribution in [0, 0.1) is 0 Å². The molecule has 0 saturated carbocycles. The molecule has 0 spiro atoms. The van der Waals surface area contributed by atoms with Crippen LogP contribution in [0.3, 0.4) is 0 Å². The molecule has 1 heterocycles. The molecule has 0 aliphatic carbocycles. The van der Waals surface area contributed by atoms with E-state index in [0.29, 0.717) is 24.4 Å². The van der Waals surface area contributed by atoms with Gasteiger partial charge >= 0.3 is 12.1 Å². The Labute approximate surface area is 170 Å². The lowest BCUT2D eigenvalue weighted by atomic mass is 9.95. The number of carbonyl (C=O) groups is 3. The molecule has 2 amide bonds. The summed E-state index contributed by atoms with van der Waals surface area (Å²) in [5, 5.41) is 12.6. The Kier molecular flexibility index (Phi) is 7.29. The summed E-state index contributed by atoms with van der Waals surface area (Å²) < 4.78 is 5.38. The van der Waals surface area contributed by atoms with Gasteiger partial charge < -0.3 is 15.2 Å². The highest BCUT2D eigenvalue weighted by molar-refractivity contribution is 6.30. The van der Waals surface area contributed by atoms with E-state index in [1.54, 1.807) is 45.0 Å². The summed E-state index contributed by atoms with van der Waals surface area (Å²) in [6.45, 7) is 5.95. The average Bonchev–Trinajstić information content (AvgIpc) is 3.07. The maximum atomic E-state index is 12.7. The number of ether oxygens (including phenoxy) is 1. The van der Waals surface area contributed by atoms with Gasteiger partial charge in [0.2, 0.25) is 5.91 Å². The maximum Gasteiger partial charge on any atom is 0.410 e. The van der Waals surface area contributed by atoms with Crippen LogP contribution in [0.15, 0.2) is 24.3 Å². The molecule has 2 rings (SSSR count). The van der Waals surface area contributed by atoms with Crippen LogP contribution in [0.5, 0.6) is 0 Å². The van der Waals surface area contributed by atoms with Gasteiger partial charge in [0.05, 0.1) is 6.42 Å². The Balaban J connectivity index is 2.01. The normalized spacial score (nSPS) is 17.9. The molecule has 1 aromatic rings. The minimum Gasteiger partial charge on any atom is -0.481 e. The first-order valence-corrected chi connectivity index (χ1v) is 9.69. The van der Waals surface area contributed by atoms with Crippen molar-refractivity contribution in [3.8, 4) is 0 Å². The van der Waals surface area contributed by atoms with Crippen molar-refractivity contribution in [3.63, 3.8) is 0 Å². The molecule has 28 heavy (non-hydrogen) atoms. The monoisotopic (exact) mass is 410 g/mol. The molecule has 1 saturated heterocycles. The van der Waals surface area contributed by atoms with Gasteiger partial charge in [-0.1, -0.05) is 23.7 Å². The van der Waals surface area contributed by atoms with Crippen molar-refractivity contribution in [2.24, 2.45) is 0 Å². The Morgan fingerprint density at radius 1 is 1.29 bits per heavy atom. The predicted molar refractivity (Wildman–Crippen MR) is 105 cm³/mol. The Bertz CT molecular complexity index is 714. The van der Waals surface area contributed by atoms with Crippen molar-refractivity contribution < 1.29 is 24.2 Å². The number of carboxylic acids is 1. The summed E-state index contributed by atoms with van der Waals surface area (Å²) in [7, 11) is 0. The molecular formula is C20H27ClN2O5. The van der Waals surface area contributed by atoms with E-state index in [1.807, 2.05) is 0 Å². The lowest BCUT2D eigenvalue weighted by Gasteiger charge is -2.28. The molecule has 8 heteroatoms. The minimum atomic E-state index is -0.953. The third-order valence-corrected chi connectivity index (χ3v) is 4.72. The number of hydrogen-bond acceptors (Lipinski definition) is 4. The highest BCUT2D eigenvalue weighted by atomic mass is 35.5. The number of nitrogens with zero attached hydrogens (tertiary/aromatic N) is 1. The number of aliphatic carboxylic acids is 1. The van der Waals surface area contributed by atoms with Crippen LogP contribution < -0.4 is 5.32 Å². The van der Waals surface area contributed by atoms with Gasteiger partial charge in [-0.2, -0.15) is 0 Å². The fraction of sp³-hybridized carbons (Fsp3) is 0.550. The minimum absolute atomic E-state index is 0.123. The second-order valence-electron chi connectivity index (χ2n) is 7.92. The van der Waals surface area contributed by atoms with Crippen LogP contribution in [0.2, 0.25) is 5.02 Å². The second-order valence-corrected chi connectivity index (χ2v) is 8.36. The van der Waals surface area contributed by atoms with Crippen molar-refractivity contribution >= 4 is 29.6 Å². The Hall–Kier alpha value is -2.28. The number of carboxylic acid groups (broad SMARTS) is 1. The van der Waals surface area contributed by atoms with E-state index in [4.69, 9.17) is 16.3 Å². The molecule has 1 fully saturated rings. The van der Waals surface area contributed by atoms with Gasteiger partial charge in [0.15, 0.2) is 0 Å². The van der Waals surface area contributed by atoms with Crippen LogP contribution in [0.1, 0.15) is 51.5 Å². The number of likely N-dealkylation sites (tertiary alicyclic amines) is 1. The molecule has 154 valence electrons. The average molecular weight is 411 g/mol. The molecule has 0 radical (unpaired) electrons. The first-order valence-electron chi connectivity index (χ1n) is 9.31. The SMILES string of the molecule is CC(C)(C)OC(=O)N1CCC[C@H]1C(=O)NCC(CC(=O)O)c1ccc(Cl)cc1. The molecule has 1 unspecified atom stereocenters. The fourth-order valence-electron chi connectivity index (χ4n) is 3.17. The highest BCUT2D eigenvalue weighted by Gasteiger charge is 2.36. The summed E-state index contributed by atoms with van der Waals surface area (Å²) in [4.78, 5) is 37.7. The van der Waals surface area contributed by atoms with Gasteiger partial charge in [-0.05, 0) is 51.3 Å². The Morgan fingerprint density at radius 2 is 1.93 bits per heavy atom. The Morgan fingerprint density at radius 3 is 2.50 bits per heavy atom. The standard InChI is InChI=1S/C20H27ClN2O5/c1-20(2,3)28-19(27)23-10-4-5-16(23)18(26)22-12-14(11-17(24)25)13-6-8-15(21)9-7-13/h6-9,14,16H,4-5,10-12H2,1-3H3,(H,22,26)(H,24,25)/t14?,16-/m0/s1. The molecule has 2 N–H and O–H groups in total. The van der Waals surface area contributed by atoms with Crippen molar-refractivity contribution in [1.29, 1.82) is 0 Å². The molecular weight excluding hydrogens is 384 g/mol. The van der Waals surface area contributed by atoms with E-state index in [0.717, 1.165) is 5.56 Å². The molecule has 0 bridgehead atoms. The number of hydrogen-bond donors (Lipinski definition) is 2. The van der Waals surface area contributed by atoms with E-state index < -0.39 is 29.6 Å². The number of carbonyl (C=O) groups excluding carboxylic acids is 2. The largest absolute Gasteiger partial charge is 0.481 e. The molecule has 1 aliphatic heterocycles. The van der Waals surface area contributed by atoms with Gasteiger partial charge in [0.1, 0.15) is 11.6 Å². The fourth-order valence-corrected chi connectivity index (χ4v) is 3.30. The number of nitrogens with one attached hydrogen (secondary N) is 1. The zero-order chi connectivity index (χ0) is 20.9. The zero-order valence-corrected chi connectivity index (χ0v) is 17.2. The van der Waals surface area contributed by atoms with Gasteiger partial charge in [-0.15, -0.1) is 0 Å². The van der Waals surface area contributed by atoms with Crippen LogP contribution >= 0.6 is 11.6 Å². The van der Waals surface area contributed by atoms with E-state index in [-0.39, 0.29) is 18.9 Å². The summed E-state index contributed by atoms with van der Waals surface area (Å²) in [6.07, 6.45) is 0.635. The smallest absolute Gasteiger partial charge is 0.410 e. The third-order valence-electron chi connectivity index (χ3n) is 4.47. The van der Waals surface area contributed by atoms with Gasteiger partial charge in [-0.25, -0.2) is 4.79 Å². The summed E-state index contributed by atoms with van der Waals surface area (Å²) in [5.74, 6) is -1.65. The predicted octanol–water partition coefficient (Wildman–Crippen LogP) is 3.41. The second kappa shape index (κ2) is 9.28. The van der Waals surface area contributed by atoms with Crippen molar-refractivity contribution in [3.05, 3.63) is 34.9 Å². The van der Waals surface area contributed by atoms with Gasteiger partial charge in [0, 0.05) is 24.0 Å². The third kappa shape index (κ3) is 6.41. The van der Waals surface area contributed by atoms with E-state index in [9.17, 15) is 19.5 Å². The highest BCUT2D eigenvalue weighted by Crippen LogP contribution is 2.23. The topological polar surface area (TPSA) is 95.9 Å². The molecule has 2 atom stereocenters.